The van der Waals surface area contributed by atoms with E-state index in [4.69, 9.17) is 14.6 Å². The van der Waals surface area contributed by atoms with Gasteiger partial charge in [0.1, 0.15) is 5.82 Å². The van der Waals surface area contributed by atoms with Gasteiger partial charge in [-0.2, -0.15) is 11.8 Å². The van der Waals surface area contributed by atoms with Crippen molar-refractivity contribution in [2.75, 3.05) is 24.7 Å². The summed E-state index contributed by atoms with van der Waals surface area (Å²) < 4.78 is 51.7. The highest BCUT2D eigenvalue weighted by Crippen LogP contribution is 2.33. The molecule has 0 amide bonds. The van der Waals surface area contributed by atoms with Gasteiger partial charge in [-0.25, -0.2) is 17.6 Å². The Hall–Kier alpha value is -1.49. The van der Waals surface area contributed by atoms with E-state index in [0.29, 0.717) is 13.0 Å². The lowest BCUT2D eigenvalue weighted by Gasteiger charge is -2.31. The van der Waals surface area contributed by atoms with Gasteiger partial charge in [0.2, 0.25) is 0 Å². The van der Waals surface area contributed by atoms with Crippen LogP contribution < -0.4 is 0 Å². The Kier molecular flexibility index (Phi) is 12.3. The zero-order valence-electron chi connectivity index (χ0n) is 25.1. The molecule has 0 spiro atoms. The van der Waals surface area contributed by atoms with E-state index in [1.165, 1.54) is 17.8 Å². The molecule has 0 aromatic heterocycles. The number of hydrogen-bond acceptors (Lipinski definition) is 7. The summed E-state index contributed by atoms with van der Waals surface area (Å²) in [4.78, 5) is 24.8. The molecule has 0 aliphatic rings. The molecule has 1 unspecified atom stereocenters. The minimum absolute atomic E-state index is 0.0546. The summed E-state index contributed by atoms with van der Waals surface area (Å²) in [7, 11) is -3.79. The first kappa shape index (κ1) is 35.5. The van der Waals surface area contributed by atoms with Gasteiger partial charge < -0.3 is 14.6 Å². The molecule has 0 aliphatic carbocycles. The standard InChI is InChI=1S/C29H47FO7S2/c1-26(2,3)36-15-13-28(7,8)38-18-21(24(31)20-11-12-22(25(32)33)23(30)17-20)19-39(34,35)29(9,10)14-16-37-27(4,5)6/h11-12,17,21H,13-16,18-19H2,1-10H3,(H,32,33). The fourth-order valence-corrected chi connectivity index (χ4v) is 6.47. The third-order valence-corrected chi connectivity index (χ3v) is 10.6. The van der Waals surface area contributed by atoms with Crippen molar-refractivity contribution in [2.45, 2.75) is 103 Å². The number of thioether (sulfide) groups is 1. The van der Waals surface area contributed by atoms with Crippen molar-refractivity contribution in [1.82, 2.24) is 0 Å². The van der Waals surface area contributed by atoms with E-state index >= 15 is 0 Å². The van der Waals surface area contributed by atoms with E-state index < -0.39 is 55.0 Å². The summed E-state index contributed by atoms with van der Waals surface area (Å²) in [6, 6.07) is 3.15. The topological polar surface area (TPSA) is 107 Å². The van der Waals surface area contributed by atoms with Gasteiger partial charge in [0.15, 0.2) is 15.6 Å². The van der Waals surface area contributed by atoms with Crippen LogP contribution in [0.15, 0.2) is 18.2 Å². The summed E-state index contributed by atoms with van der Waals surface area (Å²) in [5.74, 6) is -4.21. The minimum atomic E-state index is -3.79. The molecule has 0 saturated carbocycles. The molecule has 0 bridgehead atoms. The lowest BCUT2D eigenvalue weighted by atomic mass is 9.99. The molecule has 1 rings (SSSR count). The number of carboxylic acid groups (broad SMARTS) is 1. The first-order valence-corrected chi connectivity index (χ1v) is 15.8. The zero-order chi connectivity index (χ0) is 30.4. The molecule has 0 aliphatic heterocycles. The van der Waals surface area contributed by atoms with Gasteiger partial charge in [0.05, 0.1) is 27.3 Å². The Labute approximate surface area is 238 Å². The molecule has 224 valence electrons. The van der Waals surface area contributed by atoms with Gasteiger partial charge in [-0.05, 0) is 80.4 Å². The van der Waals surface area contributed by atoms with Crippen LogP contribution in [0.4, 0.5) is 4.39 Å². The smallest absolute Gasteiger partial charge is 0.338 e. The van der Waals surface area contributed by atoms with Crippen LogP contribution in [0.25, 0.3) is 0 Å². The fourth-order valence-electron chi connectivity index (χ4n) is 3.53. The molecule has 0 radical (unpaired) electrons. The Bertz CT molecular complexity index is 1100. The molecule has 0 saturated heterocycles. The second-order valence-electron chi connectivity index (χ2n) is 13.1. The monoisotopic (exact) mass is 590 g/mol. The normalized spacial score (nSPS) is 14.3. The molecule has 7 nitrogen and oxygen atoms in total. The fraction of sp³-hybridized carbons (Fsp3) is 0.724. The van der Waals surface area contributed by atoms with Crippen molar-refractivity contribution < 1.29 is 37.0 Å². The molecule has 1 N–H and O–H groups in total. The number of carboxylic acids is 1. The van der Waals surface area contributed by atoms with E-state index in [2.05, 4.69) is 0 Å². The number of halogens is 1. The van der Waals surface area contributed by atoms with Crippen LogP contribution in [0, 0.1) is 11.7 Å². The largest absolute Gasteiger partial charge is 0.478 e. The average molecular weight is 591 g/mol. The average Bonchev–Trinajstić information content (AvgIpc) is 2.73. The summed E-state index contributed by atoms with van der Waals surface area (Å²) in [6.45, 7) is 19.6. The van der Waals surface area contributed by atoms with Crippen molar-refractivity contribution in [1.29, 1.82) is 0 Å². The van der Waals surface area contributed by atoms with Gasteiger partial charge in [-0.15, -0.1) is 0 Å². The van der Waals surface area contributed by atoms with Gasteiger partial charge in [-0.1, -0.05) is 19.9 Å². The Morgan fingerprint density at radius 1 is 0.923 bits per heavy atom. The lowest BCUT2D eigenvalue weighted by molar-refractivity contribution is -0.00683. The third kappa shape index (κ3) is 12.3. The SMILES string of the molecule is CC(C)(C)OCCC(C)(C)SCC(CS(=O)(=O)C(C)(C)CCOC(C)(C)C)C(=O)c1ccc(C(=O)O)c(F)c1. The number of Topliss-reactive ketones (excluding diaryl/α,β-unsaturated/α-hetero) is 1. The van der Waals surface area contributed by atoms with Gasteiger partial charge in [-0.3, -0.25) is 4.79 Å². The third-order valence-electron chi connectivity index (χ3n) is 6.27. The number of ether oxygens (including phenoxy) is 2. The molecule has 0 fully saturated rings. The van der Waals surface area contributed by atoms with Crippen molar-refractivity contribution >= 4 is 33.4 Å². The quantitative estimate of drug-likeness (QED) is 0.233. The number of hydrogen-bond donors (Lipinski definition) is 1. The zero-order valence-corrected chi connectivity index (χ0v) is 26.8. The Balaban J connectivity index is 3.21. The van der Waals surface area contributed by atoms with Crippen LogP contribution in [-0.2, 0) is 19.3 Å². The molecule has 1 aromatic rings. The highest BCUT2D eigenvalue weighted by atomic mass is 32.2. The molecule has 0 heterocycles. The van der Waals surface area contributed by atoms with Crippen LogP contribution >= 0.6 is 11.8 Å². The lowest BCUT2D eigenvalue weighted by Crippen LogP contribution is -2.40. The highest BCUT2D eigenvalue weighted by Gasteiger charge is 2.39. The maximum absolute atomic E-state index is 14.4. The molecule has 39 heavy (non-hydrogen) atoms. The van der Waals surface area contributed by atoms with Crippen LogP contribution in [0.1, 0.15) is 103 Å². The molecule has 10 heteroatoms. The van der Waals surface area contributed by atoms with Crippen LogP contribution in [-0.4, -0.2) is 70.7 Å². The van der Waals surface area contributed by atoms with E-state index in [-0.39, 0.29) is 34.7 Å². The van der Waals surface area contributed by atoms with Crippen molar-refractivity contribution in [3.8, 4) is 0 Å². The van der Waals surface area contributed by atoms with Gasteiger partial charge in [0, 0.05) is 35.2 Å². The predicted octanol–water partition coefficient (Wildman–Crippen LogP) is 6.44. The minimum Gasteiger partial charge on any atom is -0.478 e. The number of ketones is 1. The van der Waals surface area contributed by atoms with Gasteiger partial charge in [0.25, 0.3) is 0 Å². The van der Waals surface area contributed by atoms with Crippen LogP contribution in [0.2, 0.25) is 0 Å². The van der Waals surface area contributed by atoms with Crippen LogP contribution in [0.3, 0.4) is 0 Å². The predicted molar refractivity (Wildman–Crippen MR) is 156 cm³/mol. The van der Waals surface area contributed by atoms with Crippen molar-refractivity contribution in [3.05, 3.63) is 35.1 Å². The van der Waals surface area contributed by atoms with Crippen molar-refractivity contribution in [3.63, 3.8) is 0 Å². The summed E-state index contributed by atoms with van der Waals surface area (Å²) in [6.07, 6.45) is 0.929. The van der Waals surface area contributed by atoms with E-state index in [1.54, 1.807) is 13.8 Å². The first-order chi connectivity index (χ1) is 17.5. The summed E-state index contributed by atoms with van der Waals surface area (Å²) >= 11 is 1.47. The first-order valence-electron chi connectivity index (χ1n) is 13.2. The highest BCUT2D eigenvalue weighted by molar-refractivity contribution is 8.00. The molecule has 1 atom stereocenters. The number of carbonyl (C=O) groups is 2. The second-order valence-corrected chi connectivity index (χ2v) is 17.5. The van der Waals surface area contributed by atoms with E-state index in [0.717, 1.165) is 12.1 Å². The molecular formula is C29H47FO7S2. The number of carbonyl (C=O) groups excluding carboxylic acids is 1. The van der Waals surface area contributed by atoms with E-state index in [1.807, 2.05) is 55.4 Å². The number of sulfone groups is 1. The maximum atomic E-state index is 14.4. The Morgan fingerprint density at radius 2 is 1.44 bits per heavy atom. The summed E-state index contributed by atoms with van der Waals surface area (Å²) in [5.41, 5.74) is -1.31. The van der Waals surface area contributed by atoms with Gasteiger partial charge >= 0.3 is 5.97 Å². The van der Waals surface area contributed by atoms with Crippen LogP contribution in [0.5, 0.6) is 0 Å². The van der Waals surface area contributed by atoms with E-state index in [9.17, 15) is 22.4 Å². The maximum Gasteiger partial charge on any atom is 0.338 e. The molecule has 1 aromatic carbocycles. The molecular weight excluding hydrogens is 543 g/mol. The number of rotatable bonds is 15. The Morgan fingerprint density at radius 3 is 1.90 bits per heavy atom. The number of benzene rings is 1. The summed E-state index contributed by atoms with van der Waals surface area (Å²) in [5, 5.41) is 9.13. The van der Waals surface area contributed by atoms with Crippen molar-refractivity contribution in [2.24, 2.45) is 5.92 Å². The number of aromatic carboxylic acids is 1. The second kappa shape index (κ2) is 13.4.